The van der Waals surface area contributed by atoms with Gasteiger partial charge in [-0.25, -0.2) is 0 Å². The Morgan fingerprint density at radius 3 is 2.88 bits per heavy atom. The van der Waals surface area contributed by atoms with Gasteiger partial charge in [-0.15, -0.1) is 0 Å². The second kappa shape index (κ2) is 5.61. The Morgan fingerprint density at radius 2 is 2.31 bits per heavy atom. The number of pyridine rings is 1. The molecule has 0 aliphatic carbocycles. The highest BCUT2D eigenvalue weighted by molar-refractivity contribution is 5.76. The van der Waals surface area contributed by atoms with E-state index in [0.717, 1.165) is 5.56 Å². The van der Waals surface area contributed by atoms with Gasteiger partial charge in [-0.2, -0.15) is 0 Å². The fraction of sp³-hybridized carbons (Fsp3) is 0.500. The molecule has 0 spiro atoms. The Balaban J connectivity index is 2.36. The van der Waals surface area contributed by atoms with Crippen LogP contribution < -0.4 is 5.32 Å². The maximum Gasteiger partial charge on any atom is 0.220 e. The summed E-state index contributed by atoms with van der Waals surface area (Å²) in [5.41, 5.74) is 0.492. The molecule has 0 saturated carbocycles. The van der Waals surface area contributed by atoms with Crippen LogP contribution in [0.4, 0.5) is 0 Å². The van der Waals surface area contributed by atoms with Crippen molar-refractivity contribution in [2.24, 2.45) is 0 Å². The van der Waals surface area contributed by atoms with Gasteiger partial charge >= 0.3 is 0 Å². The van der Waals surface area contributed by atoms with E-state index in [1.165, 1.54) is 0 Å². The van der Waals surface area contributed by atoms with E-state index in [1.807, 2.05) is 12.1 Å². The third kappa shape index (κ3) is 4.40. The minimum absolute atomic E-state index is 0.0529. The standard InChI is InChI=1S/C12H18N2O2/c1-12(2,9-15)14-11(16)6-5-10-4-3-7-13-8-10/h3-4,7-8,15H,5-6,9H2,1-2H3,(H,14,16). The summed E-state index contributed by atoms with van der Waals surface area (Å²) in [7, 11) is 0. The van der Waals surface area contributed by atoms with Crippen molar-refractivity contribution in [1.82, 2.24) is 10.3 Å². The first-order chi connectivity index (χ1) is 7.53. The smallest absolute Gasteiger partial charge is 0.220 e. The van der Waals surface area contributed by atoms with E-state index >= 15 is 0 Å². The lowest BCUT2D eigenvalue weighted by molar-refractivity contribution is -0.123. The molecule has 0 aliphatic heterocycles. The molecule has 1 rings (SSSR count). The quantitative estimate of drug-likeness (QED) is 0.778. The molecule has 1 amide bonds. The summed E-state index contributed by atoms with van der Waals surface area (Å²) in [6.45, 7) is 3.51. The molecule has 1 heterocycles. The lowest BCUT2D eigenvalue weighted by Gasteiger charge is -2.23. The number of carbonyl (C=O) groups is 1. The molecule has 1 aromatic heterocycles. The molecule has 88 valence electrons. The van der Waals surface area contributed by atoms with Crippen molar-refractivity contribution in [1.29, 1.82) is 0 Å². The predicted octanol–water partition coefficient (Wildman–Crippen LogP) is 0.901. The largest absolute Gasteiger partial charge is 0.394 e. The molecular formula is C12H18N2O2. The van der Waals surface area contributed by atoms with E-state index in [1.54, 1.807) is 26.2 Å². The van der Waals surface area contributed by atoms with E-state index in [4.69, 9.17) is 5.11 Å². The zero-order valence-corrected chi connectivity index (χ0v) is 9.73. The highest BCUT2D eigenvalue weighted by Crippen LogP contribution is 2.03. The van der Waals surface area contributed by atoms with Crippen LogP contribution in [0.15, 0.2) is 24.5 Å². The van der Waals surface area contributed by atoms with Gasteiger partial charge in [-0.3, -0.25) is 9.78 Å². The molecule has 0 aliphatic rings. The summed E-state index contributed by atoms with van der Waals surface area (Å²) in [6, 6.07) is 3.79. The minimum atomic E-state index is -0.550. The molecule has 0 aromatic carbocycles. The van der Waals surface area contributed by atoms with Crippen LogP contribution in [0, 0.1) is 0 Å². The second-order valence-corrected chi connectivity index (χ2v) is 4.45. The summed E-state index contributed by atoms with van der Waals surface area (Å²) in [6.07, 6.45) is 4.54. The molecule has 0 fully saturated rings. The van der Waals surface area contributed by atoms with Crippen molar-refractivity contribution in [3.8, 4) is 0 Å². The summed E-state index contributed by atoms with van der Waals surface area (Å²) in [4.78, 5) is 15.5. The molecule has 0 atom stereocenters. The van der Waals surface area contributed by atoms with E-state index in [0.29, 0.717) is 12.8 Å². The van der Waals surface area contributed by atoms with Crippen molar-refractivity contribution < 1.29 is 9.90 Å². The number of hydrogen-bond donors (Lipinski definition) is 2. The zero-order valence-electron chi connectivity index (χ0n) is 9.73. The first-order valence-corrected chi connectivity index (χ1v) is 5.34. The predicted molar refractivity (Wildman–Crippen MR) is 61.9 cm³/mol. The molecular weight excluding hydrogens is 204 g/mol. The third-order valence-electron chi connectivity index (χ3n) is 2.24. The van der Waals surface area contributed by atoms with Crippen LogP contribution in [0.3, 0.4) is 0 Å². The molecule has 4 heteroatoms. The average molecular weight is 222 g/mol. The Morgan fingerprint density at radius 1 is 1.56 bits per heavy atom. The molecule has 1 aromatic rings. The third-order valence-corrected chi connectivity index (χ3v) is 2.24. The number of carbonyl (C=O) groups excluding carboxylic acids is 1. The number of nitrogens with zero attached hydrogens (tertiary/aromatic N) is 1. The number of aliphatic hydroxyl groups is 1. The van der Waals surface area contributed by atoms with Crippen molar-refractivity contribution in [3.63, 3.8) is 0 Å². The zero-order chi connectivity index (χ0) is 12.0. The van der Waals surface area contributed by atoms with Gasteiger partial charge in [0, 0.05) is 18.8 Å². The number of nitrogens with one attached hydrogen (secondary N) is 1. The lowest BCUT2D eigenvalue weighted by atomic mass is 10.1. The van der Waals surface area contributed by atoms with Crippen molar-refractivity contribution in [3.05, 3.63) is 30.1 Å². The normalized spacial score (nSPS) is 11.2. The average Bonchev–Trinajstić information content (AvgIpc) is 2.27. The summed E-state index contributed by atoms with van der Waals surface area (Å²) in [5, 5.41) is 11.8. The van der Waals surface area contributed by atoms with Gasteiger partial charge in [-0.05, 0) is 31.9 Å². The Kier molecular flexibility index (Phi) is 4.43. The van der Waals surface area contributed by atoms with Crippen LogP contribution in [0.2, 0.25) is 0 Å². The second-order valence-electron chi connectivity index (χ2n) is 4.45. The Bertz CT molecular complexity index is 336. The number of aliphatic hydroxyl groups excluding tert-OH is 1. The van der Waals surface area contributed by atoms with Gasteiger partial charge in [0.25, 0.3) is 0 Å². The van der Waals surface area contributed by atoms with Crippen LogP contribution in [0.5, 0.6) is 0 Å². The van der Waals surface area contributed by atoms with E-state index in [-0.39, 0.29) is 12.5 Å². The minimum Gasteiger partial charge on any atom is -0.394 e. The van der Waals surface area contributed by atoms with Gasteiger partial charge in [0.1, 0.15) is 0 Å². The number of amides is 1. The van der Waals surface area contributed by atoms with E-state index in [2.05, 4.69) is 10.3 Å². The van der Waals surface area contributed by atoms with Gasteiger partial charge in [0.05, 0.1) is 12.1 Å². The number of rotatable bonds is 5. The van der Waals surface area contributed by atoms with Gasteiger partial charge in [0.15, 0.2) is 0 Å². The Labute approximate surface area is 95.7 Å². The molecule has 0 saturated heterocycles. The van der Waals surface area contributed by atoms with E-state index in [9.17, 15) is 4.79 Å². The fourth-order valence-electron chi connectivity index (χ4n) is 1.28. The van der Waals surface area contributed by atoms with Crippen LogP contribution >= 0.6 is 0 Å². The number of aryl methyl sites for hydroxylation is 1. The summed E-state index contributed by atoms with van der Waals surface area (Å²) < 4.78 is 0. The summed E-state index contributed by atoms with van der Waals surface area (Å²) in [5.74, 6) is -0.0529. The maximum atomic E-state index is 11.5. The highest BCUT2D eigenvalue weighted by Gasteiger charge is 2.18. The van der Waals surface area contributed by atoms with Gasteiger partial charge in [0.2, 0.25) is 5.91 Å². The van der Waals surface area contributed by atoms with Crippen LogP contribution in [-0.4, -0.2) is 28.1 Å². The molecule has 0 radical (unpaired) electrons. The topological polar surface area (TPSA) is 62.2 Å². The van der Waals surface area contributed by atoms with Crippen LogP contribution in [0.25, 0.3) is 0 Å². The fourth-order valence-corrected chi connectivity index (χ4v) is 1.28. The van der Waals surface area contributed by atoms with Crippen molar-refractivity contribution in [2.75, 3.05) is 6.61 Å². The lowest BCUT2D eigenvalue weighted by Crippen LogP contribution is -2.46. The molecule has 2 N–H and O–H groups in total. The molecule has 16 heavy (non-hydrogen) atoms. The monoisotopic (exact) mass is 222 g/mol. The molecule has 0 unspecified atom stereocenters. The molecule has 4 nitrogen and oxygen atoms in total. The first kappa shape index (κ1) is 12.6. The van der Waals surface area contributed by atoms with E-state index < -0.39 is 5.54 Å². The highest BCUT2D eigenvalue weighted by atomic mass is 16.3. The van der Waals surface area contributed by atoms with Crippen molar-refractivity contribution in [2.45, 2.75) is 32.2 Å². The molecule has 0 bridgehead atoms. The van der Waals surface area contributed by atoms with Crippen LogP contribution in [0.1, 0.15) is 25.8 Å². The number of hydrogen-bond acceptors (Lipinski definition) is 3. The van der Waals surface area contributed by atoms with Gasteiger partial charge < -0.3 is 10.4 Å². The van der Waals surface area contributed by atoms with Crippen LogP contribution in [-0.2, 0) is 11.2 Å². The SMILES string of the molecule is CC(C)(CO)NC(=O)CCc1cccnc1. The first-order valence-electron chi connectivity index (χ1n) is 5.34. The van der Waals surface area contributed by atoms with Gasteiger partial charge in [-0.1, -0.05) is 6.07 Å². The van der Waals surface area contributed by atoms with Crippen molar-refractivity contribution >= 4 is 5.91 Å². The maximum absolute atomic E-state index is 11.5. The number of aromatic nitrogens is 1. The Hall–Kier alpha value is -1.42. The summed E-state index contributed by atoms with van der Waals surface area (Å²) >= 11 is 0.